The summed E-state index contributed by atoms with van der Waals surface area (Å²) in [6.45, 7) is 1.86. The number of rotatable bonds is 3. The third kappa shape index (κ3) is 3.21. The molecule has 0 aliphatic carbocycles. The van der Waals surface area contributed by atoms with Crippen LogP contribution in [-0.4, -0.2) is 21.1 Å². The van der Waals surface area contributed by atoms with Gasteiger partial charge in [0, 0.05) is 17.5 Å². The second kappa shape index (κ2) is 6.40. The predicted molar refractivity (Wildman–Crippen MR) is 91.0 cm³/mol. The smallest absolute Gasteiger partial charge is 0.275 e. The number of hydrogen-bond donors (Lipinski definition) is 2. The van der Waals surface area contributed by atoms with Crippen LogP contribution in [-0.2, 0) is 0 Å². The van der Waals surface area contributed by atoms with Crippen LogP contribution in [0.3, 0.4) is 0 Å². The van der Waals surface area contributed by atoms with Crippen LogP contribution in [0.2, 0.25) is 10.0 Å². The number of aromatic amines is 1. The molecule has 2 heterocycles. The molecule has 0 fully saturated rings. The average molecular weight is 347 g/mol. The van der Waals surface area contributed by atoms with E-state index in [9.17, 15) is 4.79 Å². The van der Waals surface area contributed by atoms with Crippen molar-refractivity contribution in [3.63, 3.8) is 0 Å². The number of hydrogen-bond acceptors (Lipinski definition) is 3. The molecule has 3 aromatic rings. The van der Waals surface area contributed by atoms with Gasteiger partial charge in [0.15, 0.2) is 5.82 Å². The number of nitrogens with one attached hydrogen (secondary N) is 2. The van der Waals surface area contributed by atoms with E-state index in [1.165, 1.54) is 0 Å². The van der Waals surface area contributed by atoms with Crippen molar-refractivity contribution in [3.05, 3.63) is 64.0 Å². The summed E-state index contributed by atoms with van der Waals surface area (Å²) in [5.74, 6) is 0.0787. The lowest BCUT2D eigenvalue weighted by atomic mass is 10.1. The molecule has 0 bridgehead atoms. The maximum Gasteiger partial charge on any atom is 0.275 e. The summed E-state index contributed by atoms with van der Waals surface area (Å²) < 4.78 is 0. The molecule has 0 unspecified atom stereocenters. The van der Waals surface area contributed by atoms with Gasteiger partial charge in [-0.25, -0.2) is 0 Å². The van der Waals surface area contributed by atoms with E-state index in [0.29, 0.717) is 21.6 Å². The van der Waals surface area contributed by atoms with Gasteiger partial charge < -0.3 is 5.32 Å². The fraction of sp³-hybridized carbons (Fsp3) is 0.0625. The van der Waals surface area contributed by atoms with E-state index < -0.39 is 0 Å². The van der Waals surface area contributed by atoms with Crippen LogP contribution < -0.4 is 5.32 Å². The number of carbonyl (C=O) groups excluding carboxylic acids is 1. The van der Waals surface area contributed by atoms with Gasteiger partial charge in [-0.3, -0.25) is 14.9 Å². The van der Waals surface area contributed by atoms with Crippen molar-refractivity contribution in [2.24, 2.45) is 0 Å². The van der Waals surface area contributed by atoms with E-state index in [2.05, 4.69) is 20.5 Å². The minimum atomic E-state index is -0.335. The van der Waals surface area contributed by atoms with E-state index in [-0.39, 0.29) is 5.91 Å². The molecule has 1 aromatic carbocycles. The highest BCUT2D eigenvalue weighted by molar-refractivity contribution is 6.42. The van der Waals surface area contributed by atoms with Gasteiger partial charge in [0.25, 0.3) is 5.91 Å². The minimum Gasteiger partial charge on any atom is -0.303 e. The quantitative estimate of drug-likeness (QED) is 0.740. The highest BCUT2D eigenvalue weighted by Gasteiger charge is 2.17. The molecular weight excluding hydrogens is 335 g/mol. The molecule has 0 saturated heterocycles. The Balaban J connectivity index is 1.96. The fourth-order valence-electron chi connectivity index (χ4n) is 2.19. The lowest BCUT2D eigenvalue weighted by molar-refractivity contribution is 0.102. The molecule has 5 nitrogen and oxygen atoms in total. The summed E-state index contributed by atoms with van der Waals surface area (Å²) in [6.07, 6.45) is 1.56. The Hall–Kier alpha value is -2.37. The topological polar surface area (TPSA) is 70.7 Å². The Kier molecular flexibility index (Phi) is 4.32. The Labute approximate surface area is 142 Å². The third-order valence-electron chi connectivity index (χ3n) is 3.28. The summed E-state index contributed by atoms with van der Waals surface area (Å²) in [5, 5.41) is 10.7. The summed E-state index contributed by atoms with van der Waals surface area (Å²) in [4.78, 5) is 16.3. The number of amides is 1. The standard InChI is InChI=1S/C16H12Cl2N4O/c1-9-14(10-5-6-11(17)12(18)8-10)15(22-21-9)20-16(23)13-4-2-3-7-19-13/h2-8H,1H3,(H2,20,21,22,23). The van der Waals surface area contributed by atoms with E-state index in [1.54, 1.807) is 36.5 Å². The lowest BCUT2D eigenvalue weighted by Crippen LogP contribution is -2.14. The van der Waals surface area contributed by atoms with Gasteiger partial charge in [0.05, 0.1) is 10.0 Å². The maximum absolute atomic E-state index is 12.3. The van der Waals surface area contributed by atoms with E-state index in [4.69, 9.17) is 23.2 Å². The van der Waals surface area contributed by atoms with Gasteiger partial charge in [-0.1, -0.05) is 35.3 Å². The molecule has 23 heavy (non-hydrogen) atoms. The van der Waals surface area contributed by atoms with Crippen LogP contribution in [0, 0.1) is 6.92 Å². The number of H-pyrrole nitrogens is 1. The Bertz CT molecular complexity index is 862. The van der Waals surface area contributed by atoms with Crippen molar-refractivity contribution < 1.29 is 4.79 Å². The molecule has 2 aromatic heterocycles. The summed E-state index contributed by atoms with van der Waals surface area (Å²) in [6, 6.07) is 10.4. The third-order valence-corrected chi connectivity index (χ3v) is 4.02. The molecule has 0 atom stereocenters. The van der Waals surface area contributed by atoms with Gasteiger partial charge in [-0.05, 0) is 36.8 Å². The van der Waals surface area contributed by atoms with Gasteiger partial charge in [0.2, 0.25) is 0 Å². The number of nitrogens with zero attached hydrogens (tertiary/aromatic N) is 2. The number of carbonyl (C=O) groups is 1. The zero-order valence-corrected chi connectivity index (χ0v) is 13.6. The molecule has 0 aliphatic heterocycles. The maximum atomic E-state index is 12.3. The summed E-state index contributed by atoms with van der Waals surface area (Å²) in [7, 11) is 0. The summed E-state index contributed by atoms with van der Waals surface area (Å²) >= 11 is 12.0. The highest BCUT2D eigenvalue weighted by atomic mass is 35.5. The van der Waals surface area contributed by atoms with Crippen molar-refractivity contribution >= 4 is 34.9 Å². The molecule has 1 amide bonds. The zero-order valence-electron chi connectivity index (χ0n) is 12.1. The van der Waals surface area contributed by atoms with Crippen molar-refractivity contribution in [1.82, 2.24) is 15.2 Å². The Morgan fingerprint density at radius 2 is 2.00 bits per heavy atom. The average Bonchev–Trinajstić information content (AvgIpc) is 2.91. The van der Waals surface area contributed by atoms with Gasteiger partial charge in [-0.2, -0.15) is 5.10 Å². The SMILES string of the molecule is Cc1[nH]nc(NC(=O)c2ccccn2)c1-c1ccc(Cl)c(Cl)c1. The first-order valence-corrected chi connectivity index (χ1v) is 7.54. The number of aromatic nitrogens is 3. The first kappa shape index (κ1) is 15.5. The second-order valence-electron chi connectivity index (χ2n) is 4.87. The number of benzene rings is 1. The van der Waals surface area contributed by atoms with Gasteiger partial charge in [0.1, 0.15) is 5.69 Å². The molecule has 116 valence electrons. The van der Waals surface area contributed by atoms with Crippen LogP contribution in [0.4, 0.5) is 5.82 Å². The van der Waals surface area contributed by atoms with Crippen LogP contribution in [0.25, 0.3) is 11.1 Å². The Morgan fingerprint density at radius 3 is 2.70 bits per heavy atom. The molecular formula is C16H12Cl2N4O. The first-order valence-electron chi connectivity index (χ1n) is 6.79. The van der Waals surface area contributed by atoms with Crippen LogP contribution in [0.15, 0.2) is 42.6 Å². The van der Waals surface area contributed by atoms with Gasteiger partial charge >= 0.3 is 0 Å². The van der Waals surface area contributed by atoms with Crippen molar-refractivity contribution in [2.45, 2.75) is 6.92 Å². The van der Waals surface area contributed by atoms with Crippen molar-refractivity contribution in [3.8, 4) is 11.1 Å². The van der Waals surface area contributed by atoms with Crippen LogP contribution in [0.5, 0.6) is 0 Å². The minimum absolute atomic E-state index is 0.313. The van der Waals surface area contributed by atoms with Gasteiger partial charge in [-0.15, -0.1) is 0 Å². The predicted octanol–water partition coefficient (Wildman–Crippen LogP) is 4.34. The Morgan fingerprint density at radius 1 is 1.17 bits per heavy atom. The van der Waals surface area contributed by atoms with Crippen molar-refractivity contribution in [2.75, 3.05) is 5.32 Å². The van der Waals surface area contributed by atoms with E-state index in [1.807, 2.05) is 13.0 Å². The number of pyridine rings is 1. The van der Waals surface area contributed by atoms with E-state index >= 15 is 0 Å². The van der Waals surface area contributed by atoms with Crippen LogP contribution in [0.1, 0.15) is 16.2 Å². The van der Waals surface area contributed by atoms with E-state index in [0.717, 1.165) is 16.8 Å². The normalized spacial score (nSPS) is 10.6. The fourth-order valence-corrected chi connectivity index (χ4v) is 2.49. The summed E-state index contributed by atoms with van der Waals surface area (Å²) in [5.41, 5.74) is 2.68. The van der Waals surface area contributed by atoms with Crippen molar-refractivity contribution in [1.29, 1.82) is 0 Å². The monoisotopic (exact) mass is 346 g/mol. The number of anilines is 1. The molecule has 3 rings (SSSR count). The van der Waals surface area contributed by atoms with Crippen LogP contribution >= 0.6 is 23.2 Å². The zero-order chi connectivity index (χ0) is 16.4. The lowest BCUT2D eigenvalue weighted by Gasteiger charge is -2.07. The second-order valence-corrected chi connectivity index (χ2v) is 5.68. The number of halogens is 2. The molecule has 0 radical (unpaired) electrons. The number of aryl methyl sites for hydroxylation is 1. The molecule has 7 heteroatoms. The highest BCUT2D eigenvalue weighted by Crippen LogP contribution is 2.33. The molecule has 0 aliphatic rings. The first-order chi connectivity index (χ1) is 11.1. The molecule has 2 N–H and O–H groups in total. The molecule has 0 spiro atoms. The molecule has 0 saturated carbocycles. The largest absolute Gasteiger partial charge is 0.303 e.